The largest absolute Gasteiger partial charge is 0.303 e. The average molecular weight is 202 g/mol. The van der Waals surface area contributed by atoms with Crippen LogP contribution in [0.2, 0.25) is 0 Å². The van der Waals surface area contributed by atoms with Crippen molar-refractivity contribution in [3.8, 4) is 0 Å². The molecule has 0 heterocycles. The molecule has 1 heteroatoms. The van der Waals surface area contributed by atoms with Crippen molar-refractivity contribution in [2.24, 2.45) is 11.3 Å². The number of rotatable bonds is 4. The first kappa shape index (κ1) is 10.4. The third-order valence-electron chi connectivity index (χ3n) is 3.90. The first-order valence-electron chi connectivity index (χ1n) is 5.66. The maximum absolute atomic E-state index is 10.6. The van der Waals surface area contributed by atoms with Gasteiger partial charge in [-0.05, 0) is 29.2 Å². The summed E-state index contributed by atoms with van der Waals surface area (Å²) in [4.78, 5) is 10.6. The summed E-state index contributed by atoms with van der Waals surface area (Å²) < 4.78 is 0. The molecule has 0 saturated heterocycles. The predicted molar refractivity (Wildman–Crippen MR) is 61.8 cm³/mol. The number of carbonyl (C=O) groups is 1. The van der Waals surface area contributed by atoms with E-state index in [0.29, 0.717) is 11.8 Å². The first-order chi connectivity index (χ1) is 7.17. The molecule has 0 bridgehead atoms. The van der Waals surface area contributed by atoms with Crippen LogP contribution >= 0.6 is 0 Å². The molecule has 3 atom stereocenters. The fourth-order valence-corrected chi connectivity index (χ4v) is 2.64. The summed E-state index contributed by atoms with van der Waals surface area (Å²) in [5, 5.41) is 0. The molecule has 0 radical (unpaired) electrons. The van der Waals surface area contributed by atoms with Crippen LogP contribution < -0.4 is 0 Å². The molecule has 1 nitrogen and oxygen atoms in total. The van der Waals surface area contributed by atoms with Crippen LogP contribution in [0.3, 0.4) is 0 Å². The lowest BCUT2D eigenvalue weighted by atomic mass is 9.90. The van der Waals surface area contributed by atoms with Crippen molar-refractivity contribution >= 4 is 6.29 Å². The summed E-state index contributed by atoms with van der Waals surface area (Å²) in [6.07, 6.45) is 2.98. The zero-order valence-electron chi connectivity index (χ0n) is 9.44. The Morgan fingerprint density at radius 1 is 1.47 bits per heavy atom. The highest BCUT2D eigenvalue weighted by Crippen LogP contribution is 2.60. The van der Waals surface area contributed by atoms with Crippen LogP contribution in [-0.2, 0) is 4.79 Å². The fourth-order valence-electron chi connectivity index (χ4n) is 2.64. The summed E-state index contributed by atoms with van der Waals surface area (Å²) >= 11 is 0. The number of aldehydes is 1. The molecular formula is C14H18O. The fraction of sp³-hybridized carbons (Fsp3) is 0.500. The molecule has 80 valence electrons. The zero-order valence-corrected chi connectivity index (χ0v) is 9.44. The molecule has 1 aromatic carbocycles. The van der Waals surface area contributed by atoms with Gasteiger partial charge in [-0.3, -0.25) is 0 Å². The van der Waals surface area contributed by atoms with Gasteiger partial charge in [-0.15, -0.1) is 0 Å². The van der Waals surface area contributed by atoms with Crippen molar-refractivity contribution < 1.29 is 4.79 Å². The summed E-state index contributed by atoms with van der Waals surface area (Å²) in [5.74, 6) is 1.27. The molecular weight excluding hydrogens is 184 g/mol. The highest BCUT2D eigenvalue weighted by atomic mass is 16.1. The van der Waals surface area contributed by atoms with Crippen molar-refractivity contribution in [2.75, 3.05) is 0 Å². The summed E-state index contributed by atoms with van der Waals surface area (Å²) in [7, 11) is 0. The number of hydrogen-bond acceptors (Lipinski definition) is 1. The topological polar surface area (TPSA) is 17.1 Å². The molecule has 2 rings (SSSR count). The Hall–Kier alpha value is -1.11. The van der Waals surface area contributed by atoms with E-state index in [0.717, 1.165) is 12.7 Å². The first-order valence-corrected chi connectivity index (χ1v) is 5.66. The van der Waals surface area contributed by atoms with Gasteiger partial charge in [0, 0.05) is 6.42 Å². The minimum absolute atomic E-state index is 0.275. The van der Waals surface area contributed by atoms with E-state index in [1.165, 1.54) is 12.0 Å². The Bertz CT molecular complexity index is 344. The number of benzene rings is 1. The van der Waals surface area contributed by atoms with E-state index in [1.807, 2.05) is 6.07 Å². The molecule has 15 heavy (non-hydrogen) atoms. The SMILES string of the molecule is C[C@@H](c1ccccc1)C1CC1(C)CC=O. The lowest BCUT2D eigenvalue weighted by Crippen LogP contribution is -2.05. The molecule has 0 amide bonds. The molecule has 2 unspecified atom stereocenters. The van der Waals surface area contributed by atoms with Gasteiger partial charge in [-0.2, -0.15) is 0 Å². The monoisotopic (exact) mass is 202 g/mol. The molecule has 1 fully saturated rings. The average Bonchev–Trinajstić information content (AvgIpc) is 2.91. The quantitative estimate of drug-likeness (QED) is 0.684. The van der Waals surface area contributed by atoms with E-state index in [1.54, 1.807) is 0 Å². The second-order valence-electron chi connectivity index (χ2n) is 5.03. The van der Waals surface area contributed by atoms with Crippen molar-refractivity contribution in [3.63, 3.8) is 0 Å². The van der Waals surface area contributed by atoms with Crippen molar-refractivity contribution in [2.45, 2.75) is 32.6 Å². The van der Waals surface area contributed by atoms with Crippen LogP contribution in [0.15, 0.2) is 30.3 Å². The minimum Gasteiger partial charge on any atom is -0.303 e. The van der Waals surface area contributed by atoms with Gasteiger partial charge in [-0.1, -0.05) is 44.2 Å². The zero-order chi connectivity index (χ0) is 10.9. The smallest absolute Gasteiger partial charge is 0.120 e. The predicted octanol–water partition coefficient (Wildman–Crippen LogP) is 3.41. The highest BCUT2D eigenvalue weighted by molar-refractivity contribution is 5.52. The lowest BCUT2D eigenvalue weighted by molar-refractivity contribution is -0.108. The van der Waals surface area contributed by atoms with E-state index >= 15 is 0 Å². The Kier molecular flexibility index (Phi) is 2.64. The normalized spacial score (nSPS) is 30.9. The summed E-state index contributed by atoms with van der Waals surface area (Å²) in [6, 6.07) is 10.6. The Morgan fingerprint density at radius 2 is 2.13 bits per heavy atom. The van der Waals surface area contributed by atoms with Gasteiger partial charge >= 0.3 is 0 Å². The molecule has 1 aliphatic carbocycles. The van der Waals surface area contributed by atoms with E-state index in [-0.39, 0.29) is 5.41 Å². The van der Waals surface area contributed by atoms with Gasteiger partial charge < -0.3 is 4.79 Å². The minimum atomic E-state index is 0.275. The van der Waals surface area contributed by atoms with Gasteiger partial charge in [0.05, 0.1) is 0 Å². The second kappa shape index (κ2) is 3.80. The Labute approximate surface area is 91.5 Å². The second-order valence-corrected chi connectivity index (χ2v) is 5.03. The Morgan fingerprint density at radius 3 is 2.73 bits per heavy atom. The summed E-state index contributed by atoms with van der Waals surface area (Å²) in [6.45, 7) is 4.50. The molecule has 0 aliphatic heterocycles. The highest BCUT2D eigenvalue weighted by Gasteiger charge is 2.51. The maximum Gasteiger partial charge on any atom is 0.120 e. The van der Waals surface area contributed by atoms with Gasteiger partial charge in [-0.25, -0.2) is 0 Å². The molecule has 0 spiro atoms. The van der Waals surface area contributed by atoms with Gasteiger partial charge in [0.2, 0.25) is 0 Å². The standard InChI is InChI=1S/C14H18O/c1-11(12-6-4-3-5-7-12)13-10-14(13,2)8-9-15/h3-7,9,11,13H,8,10H2,1-2H3/t11-,13?,14?/m0/s1. The van der Waals surface area contributed by atoms with E-state index in [4.69, 9.17) is 0 Å². The van der Waals surface area contributed by atoms with Crippen LogP contribution in [0.25, 0.3) is 0 Å². The molecule has 1 saturated carbocycles. The van der Waals surface area contributed by atoms with Crippen LogP contribution in [0.1, 0.15) is 38.2 Å². The van der Waals surface area contributed by atoms with Crippen LogP contribution in [-0.4, -0.2) is 6.29 Å². The lowest BCUT2D eigenvalue weighted by Gasteiger charge is -2.14. The van der Waals surface area contributed by atoms with E-state index < -0.39 is 0 Å². The third kappa shape index (κ3) is 1.97. The molecule has 0 aromatic heterocycles. The number of hydrogen-bond donors (Lipinski definition) is 0. The van der Waals surface area contributed by atoms with Crippen LogP contribution in [0.5, 0.6) is 0 Å². The molecule has 0 N–H and O–H groups in total. The van der Waals surface area contributed by atoms with E-state index in [2.05, 4.69) is 38.1 Å². The van der Waals surface area contributed by atoms with Crippen LogP contribution in [0.4, 0.5) is 0 Å². The van der Waals surface area contributed by atoms with Crippen LogP contribution in [0, 0.1) is 11.3 Å². The Balaban J connectivity index is 2.06. The van der Waals surface area contributed by atoms with Gasteiger partial charge in [0.1, 0.15) is 6.29 Å². The van der Waals surface area contributed by atoms with Gasteiger partial charge in [0.15, 0.2) is 0 Å². The maximum atomic E-state index is 10.6. The van der Waals surface area contributed by atoms with Crippen molar-refractivity contribution in [1.29, 1.82) is 0 Å². The molecule has 1 aliphatic rings. The third-order valence-corrected chi connectivity index (χ3v) is 3.90. The molecule has 1 aromatic rings. The summed E-state index contributed by atoms with van der Waals surface area (Å²) in [5.41, 5.74) is 1.67. The van der Waals surface area contributed by atoms with Gasteiger partial charge in [0.25, 0.3) is 0 Å². The van der Waals surface area contributed by atoms with Crippen molar-refractivity contribution in [1.82, 2.24) is 0 Å². The number of carbonyl (C=O) groups excluding carboxylic acids is 1. The van der Waals surface area contributed by atoms with Crippen molar-refractivity contribution in [3.05, 3.63) is 35.9 Å². The van der Waals surface area contributed by atoms with E-state index in [9.17, 15) is 4.79 Å².